The molecule has 0 bridgehead atoms. The molecule has 0 saturated heterocycles. The summed E-state index contributed by atoms with van der Waals surface area (Å²) in [5.41, 5.74) is -1.71. The smallest absolute Gasteiger partial charge is 0.334 e. The Kier molecular flexibility index (Phi) is 8.42. The minimum absolute atomic E-state index is 0.0769. The van der Waals surface area contributed by atoms with Gasteiger partial charge in [-0.25, -0.2) is 9.59 Å². The number of aliphatic carboxylic acids is 2. The lowest BCUT2D eigenvalue weighted by atomic mass is 9.76. The topological polar surface area (TPSA) is 158 Å². The second-order valence-corrected chi connectivity index (χ2v) is 7.27. The van der Waals surface area contributed by atoms with Gasteiger partial charge in [0.25, 0.3) is 10.1 Å². The summed E-state index contributed by atoms with van der Waals surface area (Å²) < 4.78 is 27.6. The van der Waals surface area contributed by atoms with E-state index in [0.29, 0.717) is 6.42 Å². The van der Waals surface area contributed by atoms with Crippen LogP contribution in [0.3, 0.4) is 0 Å². The van der Waals surface area contributed by atoms with Gasteiger partial charge in [-0.15, -0.1) is 0 Å². The summed E-state index contributed by atoms with van der Waals surface area (Å²) in [5, 5.41) is 20.8. The number of hydrogen-bond donors (Lipinski definition) is 4. The van der Waals surface area contributed by atoms with Gasteiger partial charge < -0.3 is 15.5 Å². The van der Waals surface area contributed by atoms with Crippen molar-refractivity contribution in [1.82, 2.24) is 5.32 Å². The van der Waals surface area contributed by atoms with Crippen LogP contribution in [-0.4, -0.2) is 52.3 Å². The maximum atomic E-state index is 11.7. The molecule has 0 aromatic carbocycles. The third kappa shape index (κ3) is 6.45. The summed E-state index contributed by atoms with van der Waals surface area (Å²) in [6.07, 6.45) is 4.38. The number of carboxylic acids is 2. The van der Waals surface area contributed by atoms with Gasteiger partial charge in [-0.1, -0.05) is 32.6 Å². The van der Waals surface area contributed by atoms with Crippen LogP contribution in [0.25, 0.3) is 0 Å². The number of hydrogen-bond acceptors (Lipinski definition) is 5. The molecule has 1 rings (SSSR count). The normalized spacial score (nSPS) is 21.7. The van der Waals surface area contributed by atoms with Crippen molar-refractivity contribution in [3.8, 4) is 0 Å². The standard InChI is InChI=1S/C13H15NO5.C3H8O3S/c1-7(2)10(15)14-13(12(18)19)6-4-5-9(8(13)3)11(16)17;1-2-3-7(4,5)6/h4-6,8H,1H2,2-3H3,(H,14,15)(H,16,17)(H,18,19);2-3H2,1H3,(H,4,5,6). The molecule has 9 nitrogen and oxygen atoms in total. The molecule has 10 heteroatoms. The van der Waals surface area contributed by atoms with Gasteiger partial charge in [-0.05, 0) is 19.4 Å². The Balaban J connectivity index is 0.000000758. The van der Waals surface area contributed by atoms with Crippen molar-refractivity contribution < 1.29 is 37.6 Å². The van der Waals surface area contributed by atoms with Gasteiger partial charge in [0.05, 0.1) is 5.75 Å². The molecule has 1 amide bonds. The van der Waals surface area contributed by atoms with Crippen molar-refractivity contribution in [3.05, 3.63) is 36.0 Å². The average molecular weight is 389 g/mol. The number of allylic oxidation sites excluding steroid dienone is 2. The van der Waals surface area contributed by atoms with Gasteiger partial charge in [-0.2, -0.15) is 8.42 Å². The molecule has 0 spiro atoms. The summed E-state index contributed by atoms with van der Waals surface area (Å²) in [6.45, 7) is 8.00. The fourth-order valence-corrected chi connectivity index (χ4v) is 2.62. The lowest BCUT2D eigenvalue weighted by Crippen LogP contribution is -2.59. The van der Waals surface area contributed by atoms with Crippen LogP contribution in [0.2, 0.25) is 0 Å². The molecule has 1 aliphatic carbocycles. The first-order valence-corrected chi connectivity index (χ1v) is 9.18. The first kappa shape index (κ1) is 23.5. The SMILES string of the molecule is C=C(C)C(=O)NC1(C(=O)O)C=CC=C(C(=O)O)C1C.CCCS(=O)(=O)O. The molecule has 0 heterocycles. The van der Waals surface area contributed by atoms with Crippen molar-refractivity contribution in [3.63, 3.8) is 0 Å². The van der Waals surface area contributed by atoms with E-state index in [1.807, 2.05) is 0 Å². The molecule has 1 aliphatic rings. The quantitative estimate of drug-likeness (QED) is 0.387. The number of carboxylic acid groups (broad SMARTS) is 2. The minimum atomic E-state index is -3.67. The van der Waals surface area contributed by atoms with E-state index in [4.69, 9.17) is 9.66 Å². The van der Waals surface area contributed by atoms with E-state index in [-0.39, 0.29) is 16.9 Å². The van der Waals surface area contributed by atoms with Crippen LogP contribution in [0, 0.1) is 5.92 Å². The van der Waals surface area contributed by atoms with Gasteiger partial charge in [-0.3, -0.25) is 9.35 Å². The van der Waals surface area contributed by atoms with Crippen LogP contribution in [0.1, 0.15) is 27.2 Å². The second-order valence-electron chi connectivity index (χ2n) is 5.70. The largest absolute Gasteiger partial charge is 0.479 e. The molecule has 4 N–H and O–H groups in total. The third-order valence-corrected chi connectivity index (χ3v) is 4.48. The average Bonchev–Trinajstić information content (AvgIpc) is 2.48. The summed E-state index contributed by atoms with van der Waals surface area (Å²) in [5.74, 6) is -4.21. The highest BCUT2D eigenvalue weighted by Crippen LogP contribution is 2.31. The first-order valence-electron chi connectivity index (χ1n) is 7.57. The third-order valence-electron chi connectivity index (χ3n) is 3.56. The highest BCUT2D eigenvalue weighted by Gasteiger charge is 2.47. The van der Waals surface area contributed by atoms with E-state index in [9.17, 15) is 27.9 Å². The van der Waals surface area contributed by atoms with Crippen LogP contribution in [0.15, 0.2) is 36.0 Å². The molecular formula is C16H23NO8S. The van der Waals surface area contributed by atoms with Gasteiger partial charge in [0, 0.05) is 17.1 Å². The van der Waals surface area contributed by atoms with Crippen molar-refractivity contribution in [2.45, 2.75) is 32.7 Å². The van der Waals surface area contributed by atoms with Crippen LogP contribution in [-0.2, 0) is 24.5 Å². The zero-order valence-corrected chi connectivity index (χ0v) is 15.5. The van der Waals surface area contributed by atoms with E-state index in [2.05, 4.69) is 11.9 Å². The Morgan fingerprint density at radius 2 is 1.85 bits per heavy atom. The minimum Gasteiger partial charge on any atom is -0.479 e. The molecule has 0 radical (unpaired) electrons. The van der Waals surface area contributed by atoms with Crippen molar-refractivity contribution >= 4 is 28.0 Å². The summed E-state index contributed by atoms with van der Waals surface area (Å²) in [7, 11) is -3.67. The molecule has 146 valence electrons. The molecule has 0 saturated carbocycles. The monoisotopic (exact) mass is 389 g/mol. The van der Waals surface area contributed by atoms with E-state index >= 15 is 0 Å². The van der Waals surface area contributed by atoms with Gasteiger partial charge in [0.15, 0.2) is 5.54 Å². The highest BCUT2D eigenvalue weighted by atomic mass is 32.2. The highest BCUT2D eigenvalue weighted by molar-refractivity contribution is 7.85. The summed E-state index contributed by atoms with van der Waals surface area (Å²) in [4.78, 5) is 34.2. The van der Waals surface area contributed by atoms with Crippen molar-refractivity contribution in [2.24, 2.45) is 5.92 Å². The molecule has 0 aromatic rings. The number of carbonyl (C=O) groups is 3. The van der Waals surface area contributed by atoms with Crippen LogP contribution in [0.5, 0.6) is 0 Å². The lowest BCUT2D eigenvalue weighted by Gasteiger charge is -2.35. The van der Waals surface area contributed by atoms with E-state index in [1.165, 1.54) is 32.1 Å². The van der Waals surface area contributed by atoms with Crippen molar-refractivity contribution in [1.29, 1.82) is 0 Å². The van der Waals surface area contributed by atoms with Gasteiger partial charge in [0.2, 0.25) is 5.91 Å². The fraction of sp³-hybridized carbons (Fsp3) is 0.438. The predicted octanol–water partition coefficient (Wildman–Crippen LogP) is 1.00. The molecule has 2 atom stereocenters. The van der Waals surface area contributed by atoms with Gasteiger partial charge >= 0.3 is 11.9 Å². The van der Waals surface area contributed by atoms with E-state index in [1.54, 1.807) is 6.92 Å². The second kappa shape index (κ2) is 9.30. The lowest BCUT2D eigenvalue weighted by molar-refractivity contribution is -0.147. The molecule has 0 fully saturated rings. The van der Waals surface area contributed by atoms with Gasteiger partial charge in [0.1, 0.15) is 0 Å². The maximum absolute atomic E-state index is 11.7. The molecule has 0 aromatic heterocycles. The number of rotatable bonds is 6. The van der Waals surface area contributed by atoms with Crippen molar-refractivity contribution in [2.75, 3.05) is 5.75 Å². The number of nitrogens with one attached hydrogen (secondary N) is 1. The Morgan fingerprint density at radius 1 is 1.31 bits per heavy atom. The predicted molar refractivity (Wildman–Crippen MR) is 94.1 cm³/mol. The Labute approximate surface area is 151 Å². The number of carbonyl (C=O) groups excluding carboxylic acids is 1. The zero-order valence-electron chi connectivity index (χ0n) is 14.7. The Morgan fingerprint density at radius 3 is 2.15 bits per heavy atom. The molecule has 0 aliphatic heterocycles. The Hall–Kier alpha value is -2.46. The van der Waals surface area contributed by atoms with Crippen LogP contribution in [0.4, 0.5) is 0 Å². The zero-order chi connectivity index (χ0) is 20.7. The van der Waals surface area contributed by atoms with Crippen LogP contribution >= 0.6 is 0 Å². The Bertz CT molecular complexity index is 750. The summed E-state index contributed by atoms with van der Waals surface area (Å²) >= 11 is 0. The first-order chi connectivity index (χ1) is 11.8. The number of amides is 1. The van der Waals surface area contributed by atoms with E-state index < -0.39 is 39.4 Å². The fourth-order valence-electron chi connectivity index (χ4n) is 2.11. The van der Waals surface area contributed by atoms with Crippen LogP contribution < -0.4 is 5.32 Å². The summed E-state index contributed by atoms with van der Waals surface area (Å²) in [6, 6.07) is 0. The molecular weight excluding hydrogens is 366 g/mol. The molecule has 2 unspecified atom stereocenters. The van der Waals surface area contributed by atoms with E-state index in [0.717, 1.165) is 0 Å². The maximum Gasteiger partial charge on any atom is 0.334 e. The molecule has 26 heavy (non-hydrogen) atoms.